The van der Waals surface area contributed by atoms with Crippen molar-refractivity contribution >= 4 is 22.3 Å². The lowest BCUT2D eigenvalue weighted by Crippen LogP contribution is -2.34. The molecular weight excluding hydrogens is 366 g/mol. The van der Waals surface area contributed by atoms with Gasteiger partial charge in [-0.15, -0.1) is 0 Å². The highest BCUT2D eigenvalue weighted by molar-refractivity contribution is 5.83. The summed E-state index contributed by atoms with van der Waals surface area (Å²) in [6, 6.07) is 14.1. The van der Waals surface area contributed by atoms with Gasteiger partial charge in [-0.25, -0.2) is 0 Å². The van der Waals surface area contributed by atoms with Crippen LogP contribution in [0.3, 0.4) is 0 Å². The zero-order valence-corrected chi connectivity index (χ0v) is 16.5. The fourth-order valence-electron chi connectivity index (χ4n) is 4.18. The first-order valence-electron chi connectivity index (χ1n) is 10.2. The summed E-state index contributed by atoms with van der Waals surface area (Å²) in [5.41, 5.74) is 3.61. The van der Waals surface area contributed by atoms with Gasteiger partial charge in [-0.3, -0.25) is 4.79 Å². The van der Waals surface area contributed by atoms with Gasteiger partial charge in [0, 0.05) is 48.0 Å². The van der Waals surface area contributed by atoms with Crippen LogP contribution in [-0.4, -0.2) is 24.9 Å². The predicted octanol–water partition coefficient (Wildman–Crippen LogP) is 4.11. The Morgan fingerprint density at radius 3 is 2.72 bits per heavy atom. The van der Waals surface area contributed by atoms with E-state index in [-0.39, 0.29) is 12.4 Å². The summed E-state index contributed by atoms with van der Waals surface area (Å²) in [6.07, 6.45) is 2.57. The normalized spacial score (nSPS) is 18.2. The lowest BCUT2D eigenvalue weighted by atomic mass is 10.00. The SMILES string of the molecule is C[C@H]1CCCN(c2ccc(NCc3cc4cc5c(cc4[nH]c3=O)OCO5)cc2)C1. The minimum atomic E-state index is -0.0946. The van der Waals surface area contributed by atoms with Crippen LogP contribution < -0.4 is 25.2 Å². The molecule has 6 nitrogen and oxygen atoms in total. The summed E-state index contributed by atoms with van der Waals surface area (Å²) in [5, 5.41) is 4.29. The smallest absolute Gasteiger partial charge is 0.253 e. The Bertz CT molecular complexity index is 1090. The summed E-state index contributed by atoms with van der Waals surface area (Å²) in [7, 11) is 0. The van der Waals surface area contributed by atoms with Gasteiger partial charge in [0.25, 0.3) is 5.56 Å². The molecule has 29 heavy (non-hydrogen) atoms. The molecule has 150 valence electrons. The van der Waals surface area contributed by atoms with E-state index < -0.39 is 0 Å². The average molecular weight is 391 g/mol. The number of ether oxygens (including phenoxy) is 2. The van der Waals surface area contributed by atoms with Gasteiger partial charge in [0.2, 0.25) is 6.79 Å². The van der Waals surface area contributed by atoms with Crippen molar-refractivity contribution in [1.82, 2.24) is 4.98 Å². The van der Waals surface area contributed by atoms with Gasteiger partial charge >= 0.3 is 0 Å². The maximum atomic E-state index is 12.5. The van der Waals surface area contributed by atoms with E-state index in [9.17, 15) is 4.79 Å². The van der Waals surface area contributed by atoms with Crippen LogP contribution in [0.15, 0.2) is 47.3 Å². The van der Waals surface area contributed by atoms with Crippen molar-refractivity contribution < 1.29 is 9.47 Å². The summed E-state index contributed by atoms with van der Waals surface area (Å²) in [4.78, 5) is 17.9. The molecule has 0 spiro atoms. The Morgan fingerprint density at radius 1 is 1.14 bits per heavy atom. The number of hydrogen-bond donors (Lipinski definition) is 2. The average Bonchev–Trinajstić information content (AvgIpc) is 3.18. The largest absolute Gasteiger partial charge is 0.454 e. The lowest BCUT2D eigenvalue weighted by Gasteiger charge is -2.32. The zero-order valence-electron chi connectivity index (χ0n) is 16.5. The molecule has 3 heterocycles. The van der Waals surface area contributed by atoms with Gasteiger partial charge in [-0.1, -0.05) is 6.92 Å². The van der Waals surface area contributed by atoms with E-state index in [1.54, 1.807) is 0 Å². The Morgan fingerprint density at radius 2 is 1.93 bits per heavy atom. The third kappa shape index (κ3) is 3.62. The summed E-state index contributed by atoms with van der Waals surface area (Å²) < 4.78 is 10.8. The number of H-pyrrole nitrogens is 1. The van der Waals surface area contributed by atoms with Crippen molar-refractivity contribution in [2.24, 2.45) is 5.92 Å². The third-order valence-corrected chi connectivity index (χ3v) is 5.79. The van der Waals surface area contributed by atoms with Crippen LogP contribution in [0, 0.1) is 5.92 Å². The van der Waals surface area contributed by atoms with Gasteiger partial charge in [-0.05, 0) is 55.2 Å². The molecule has 2 aliphatic heterocycles. The van der Waals surface area contributed by atoms with E-state index in [4.69, 9.17) is 9.47 Å². The molecule has 6 heteroatoms. The molecule has 1 aromatic heterocycles. The van der Waals surface area contributed by atoms with Crippen molar-refractivity contribution in [3.63, 3.8) is 0 Å². The summed E-state index contributed by atoms with van der Waals surface area (Å²) in [6.45, 7) is 5.24. The minimum Gasteiger partial charge on any atom is -0.454 e. The molecule has 0 saturated carbocycles. The van der Waals surface area contributed by atoms with Crippen LogP contribution in [0.25, 0.3) is 10.9 Å². The maximum absolute atomic E-state index is 12.5. The van der Waals surface area contributed by atoms with Gasteiger partial charge in [0.1, 0.15) is 0 Å². The second kappa shape index (κ2) is 7.35. The number of hydrogen-bond acceptors (Lipinski definition) is 5. The van der Waals surface area contributed by atoms with E-state index in [0.29, 0.717) is 23.6 Å². The Labute approximate surface area is 169 Å². The highest BCUT2D eigenvalue weighted by atomic mass is 16.7. The highest BCUT2D eigenvalue weighted by Gasteiger charge is 2.17. The second-order valence-corrected chi connectivity index (χ2v) is 8.01. The molecule has 0 aliphatic carbocycles. The number of rotatable bonds is 4. The molecule has 0 unspecified atom stereocenters. The molecule has 0 bridgehead atoms. The monoisotopic (exact) mass is 391 g/mol. The van der Waals surface area contributed by atoms with Crippen LogP contribution >= 0.6 is 0 Å². The van der Waals surface area contributed by atoms with E-state index >= 15 is 0 Å². The van der Waals surface area contributed by atoms with Crippen LogP contribution in [0.5, 0.6) is 11.5 Å². The van der Waals surface area contributed by atoms with Gasteiger partial charge in [-0.2, -0.15) is 0 Å². The van der Waals surface area contributed by atoms with Crippen LogP contribution in [-0.2, 0) is 6.54 Å². The molecule has 1 atom stereocenters. The minimum absolute atomic E-state index is 0.0946. The number of nitrogens with one attached hydrogen (secondary N) is 2. The first-order valence-corrected chi connectivity index (χ1v) is 10.2. The molecule has 2 aromatic carbocycles. The number of nitrogens with zero attached hydrogens (tertiary/aromatic N) is 1. The number of aromatic nitrogens is 1. The van der Waals surface area contributed by atoms with Crippen LogP contribution in [0.1, 0.15) is 25.3 Å². The molecule has 1 fully saturated rings. The molecule has 5 rings (SSSR count). The fraction of sp³-hybridized carbons (Fsp3) is 0.348. The van der Waals surface area contributed by atoms with E-state index in [1.165, 1.54) is 18.5 Å². The molecule has 3 aromatic rings. The van der Waals surface area contributed by atoms with Crippen molar-refractivity contribution in [1.29, 1.82) is 0 Å². The fourth-order valence-corrected chi connectivity index (χ4v) is 4.18. The first kappa shape index (κ1) is 17.9. The van der Waals surface area contributed by atoms with E-state index in [2.05, 4.69) is 46.4 Å². The number of benzene rings is 2. The van der Waals surface area contributed by atoms with Crippen LogP contribution in [0.2, 0.25) is 0 Å². The summed E-state index contributed by atoms with van der Waals surface area (Å²) in [5.74, 6) is 2.13. The Kier molecular flexibility index (Phi) is 4.54. The third-order valence-electron chi connectivity index (χ3n) is 5.79. The summed E-state index contributed by atoms with van der Waals surface area (Å²) >= 11 is 0. The first-order chi connectivity index (χ1) is 14.2. The number of piperidine rings is 1. The topological polar surface area (TPSA) is 66.6 Å². The van der Waals surface area contributed by atoms with Gasteiger partial charge in [0.15, 0.2) is 11.5 Å². The lowest BCUT2D eigenvalue weighted by molar-refractivity contribution is 0.174. The van der Waals surface area contributed by atoms with Crippen molar-refractivity contribution in [2.75, 3.05) is 30.1 Å². The van der Waals surface area contributed by atoms with Crippen molar-refractivity contribution in [2.45, 2.75) is 26.3 Å². The molecule has 1 saturated heterocycles. The van der Waals surface area contributed by atoms with Crippen molar-refractivity contribution in [3.05, 3.63) is 58.4 Å². The molecule has 0 radical (unpaired) electrons. The predicted molar refractivity (Wildman–Crippen MR) is 115 cm³/mol. The molecule has 0 amide bonds. The molecule has 2 N–H and O–H groups in total. The maximum Gasteiger partial charge on any atom is 0.253 e. The zero-order chi connectivity index (χ0) is 19.8. The number of aromatic amines is 1. The Hall–Kier alpha value is -3.15. The number of fused-ring (bicyclic) bond motifs is 2. The number of anilines is 2. The standard InChI is InChI=1S/C23H25N3O3/c1-15-3-2-8-26(13-15)19-6-4-18(5-7-19)24-12-17-9-16-10-21-22(29-14-28-21)11-20(16)25-23(17)27/h4-7,9-11,15,24H,2-3,8,12-14H2,1H3,(H,25,27)/t15-/m0/s1. The highest BCUT2D eigenvalue weighted by Crippen LogP contribution is 2.35. The van der Waals surface area contributed by atoms with Crippen LogP contribution in [0.4, 0.5) is 11.4 Å². The van der Waals surface area contributed by atoms with Gasteiger partial charge in [0.05, 0.1) is 5.52 Å². The number of pyridine rings is 1. The quantitative estimate of drug-likeness (QED) is 0.701. The molecule has 2 aliphatic rings. The second-order valence-electron chi connectivity index (χ2n) is 8.01. The van der Waals surface area contributed by atoms with E-state index in [0.717, 1.165) is 35.6 Å². The van der Waals surface area contributed by atoms with Crippen molar-refractivity contribution in [3.8, 4) is 11.5 Å². The Balaban J connectivity index is 1.30. The van der Waals surface area contributed by atoms with E-state index in [1.807, 2.05) is 18.2 Å². The molecular formula is C23H25N3O3. The van der Waals surface area contributed by atoms with Gasteiger partial charge < -0.3 is 24.7 Å².